The number of hydrogen-bond donors (Lipinski definition) is 2. The monoisotopic (exact) mass is 242 g/mol. The Labute approximate surface area is 104 Å². The Kier molecular flexibility index (Phi) is 5.22. The van der Waals surface area contributed by atoms with Crippen LogP contribution in [0.2, 0.25) is 0 Å². The van der Waals surface area contributed by atoms with Crippen LogP contribution in [0.5, 0.6) is 0 Å². The zero-order valence-electron chi connectivity index (χ0n) is 10.9. The highest BCUT2D eigenvalue weighted by Gasteiger charge is 2.36. The molecule has 0 aromatic rings. The lowest BCUT2D eigenvalue weighted by molar-refractivity contribution is 0.128. The van der Waals surface area contributed by atoms with Crippen LogP contribution in [0.4, 0.5) is 0 Å². The molecule has 0 bridgehead atoms. The van der Waals surface area contributed by atoms with E-state index in [0.717, 1.165) is 12.5 Å². The molecule has 0 aliphatic carbocycles. The first-order chi connectivity index (χ1) is 8.35. The summed E-state index contributed by atoms with van der Waals surface area (Å²) in [6.45, 7) is 3.45. The third-order valence-electron chi connectivity index (χ3n) is 4.15. The molecule has 2 aliphatic rings. The highest BCUT2D eigenvalue weighted by molar-refractivity contribution is 4.95. The van der Waals surface area contributed by atoms with Gasteiger partial charge in [-0.2, -0.15) is 0 Å². The van der Waals surface area contributed by atoms with E-state index in [9.17, 15) is 0 Å². The van der Waals surface area contributed by atoms with Crippen LogP contribution in [0.3, 0.4) is 0 Å². The molecule has 4 heteroatoms. The van der Waals surface area contributed by atoms with E-state index >= 15 is 0 Å². The quantitative estimate of drug-likeness (QED) is 0.716. The van der Waals surface area contributed by atoms with Gasteiger partial charge in [0.2, 0.25) is 0 Å². The molecule has 2 heterocycles. The Hall–Kier alpha value is -0.160. The maximum absolute atomic E-state index is 9.06. The van der Waals surface area contributed by atoms with E-state index in [1.54, 1.807) is 7.11 Å². The predicted molar refractivity (Wildman–Crippen MR) is 68.1 cm³/mol. The molecule has 0 spiro atoms. The second-order valence-corrected chi connectivity index (χ2v) is 5.33. The van der Waals surface area contributed by atoms with E-state index in [0.29, 0.717) is 18.7 Å². The van der Waals surface area contributed by atoms with Crippen LogP contribution in [-0.4, -0.2) is 61.5 Å². The third kappa shape index (κ3) is 3.41. The van der Waals surface area contributed by atoms with Gasteiger partial charge in [0, 0.05) is 38.4 Å². The predicted octanol–water partition coefficient (Wildman–Crippen LogP) is 0.600. The van der Waals surface area contributed by atoms with Gasteiger partial charge < -0.3 is 15.2 Å². The van der Waals surface area contributed by atoms with Gasteiger partial charge in [0.05, 0.1) is 6.61 Å². The lowest BCUT2D eigenvalue weighted by Gasteiger charge is -2.34. The number of nitrogens with one attached hydrogen (secondary N) is 1. The minimum Gasteiger partial charge on any atom is -0.396 e. The Morgan fingerprint density at radius 1 is 1.35 bits per heavy atom. The topological polar surface area (TPSA) is 44.7 Å². The molecule has 3 unspecified atom stereocenters. The Balaban J connectivity index is 1.84. The molecule has 2 saturated heterocycles. The van der Waals surface area contributed by atoms with Crippen LogP contribution >= 0.6 is 0 Å². The normalized spacial score (nSPS) is 31.4. The number of hydrogen-bond acceptors (Lipinski definition) is 4. The molecule has 2 aliphatic heterocycles. The van der Waals surface area contributed by atoms with Crippen LogP contribution in [0, 0.1) is 0 Å². The summed E-state index contributed by atoms with van der Waals surface area (Å²) >= 11 is 0. The number of methoxy groups -OCH3 is 1. The zero-order chi connectivity index (χ0) is 12.1. The fraction of sp³-hybridized carbons (Fsp3) is 1.00. The average Bonchev–Trinajstić information content (AvgIpc) is 2.74. The maximum Gasteiger partial charge on any atom is 0.0616 e. The fourth-order valence-corrected chi connectivity index (χ4v) is 3.32. The summed E-state index contributed by atoms with van der Waals surface area (Å²) in [5.74, 6) is 0. The van der Waals surface area contributed by atoms with Crippen LogP contribution < -0.4 is 5.32 Å². The Morgan fingerprint density at radius 2 is 2.24 bits per heavy atom. The molecule has 2 rings (SSSR count). The van der Waals surface area contributed by atoms with Crippen LogP contribution in [-0.2, 0) is 4.74 Å². The number of fused-ring (bicyclic) bond motifs is 1. The van der Waals surface area contributed by atoms with Gasteiger partial charge in [-0.25, -0.2) is 0 Å². The van der Waals surface area contributed by atoms with Crippen molar-refractivity contribution in [3.63, 3.8) is 0 Å². The lowest BCUT2D eigenvalue weighted by atomic mass is 9.98. The largest absolute Gasteiger partial charge is 0.396 e. The van der Waals surface area contributed by atoms with Crippen molar-refractivity contribution in [3.8, 4) is 0 Å². The molecule has 4 nitrogen and oxygen atoms in total. The number of rotatable bonds is 6. The van der Waals surface area contributed by atoms with Crippen molar-refractivity contribution in [1.29, 1.82) is 0 Å². The van der Waals surface area contributed by atoms with Gasteiger partial charge >= 0.3 is 0 Å². The molecule has 100 valence electrons. The Bertz CT molecular complexity index is 219. The molecule has 0 saturated carbocycles. The van der Waals surface area contributed by atoms with E-state index in [1.807, 2.05) is 0 Å². The standard InChI is InChI=1S/C13H26N2O2/c1-17-10-11(6-9-16)14-12-5-8-15-7-3-2-4-13(12)15/h11-14,16H,2-10H2,1H3. The summed E-state index contributed by atoms with van der Waals surface area (Å²) in [5, 5.41) is 12.8. The molecule has 17 heavy (non-hydrogen) atoms. The van der Waals surface area contributed by atoms with Crippen molar-refractivity contribution >= 4 is 0 Å². The van der Waals surface area contributed by atoms with Crippen molar-refractivity contribution in [2.75, 3.05) is 33.4 Å². The fourth-order valence-electron chi connectivity index (χ4n) is 3.32. The van der Waals surface area contributed by atoms with Crippen molar-refractivity contribution in [3.05, 3.63) is 0 Å². The SMILES string of the molecule is COCC(CCO)NC1CCN2CCCCC12. The van der Waals surface area contributed by atoms with Crippen LogP contribution in [0.15, 0.2) is 0 Å². The van der Waals surface area contributed by atoms with E-state index in [1.165, 1.54) is 38.8 Å². The summed E-state index contributed by atoms with van der Waals surface area (Å²) in [4.78, 5) is 2.63. The van der Waals surface area contributed by atoms with E-state index in [-0.39, 0.29) is 6.61 Å². The molecule has 0 aromatic heterocycles. The summed E-state index contributed by atoms with van der Waals surface area (Å²) in [7, 11) is 1.73. The zero-order valence-corrected chi connectivity index (χ0v) is 10.9. The van der Waals surface area contributed by atoms with Gasteiger partial charge in [-0.05, 0) is 32.2 Å². The smallest absolute Gasteiger partial charge is 0.0616 e. The number of ether oxygens (including phenoxy) is 1. The third-order valence-corrected chi connectivity index (χ3v) is 4.15. The van der Waals surface area contributed by atoms with E-state index in [2.05, 4.69) is 10.2 Å². The van der Waals surface area contributed by atoms with Crippen molar-refractivity contribution in [2.24, 2.45) is 0 Å². The summed E-state index contributed by atoms with van der Waals surface area (Å²) in [5.41, 5.74) is 0. The molecule has 0 radical (unpaired) electrons. The number of piperidine rings is 1. The van der Waals surface area contributed by atoms with Crippen molar-refractivity contribution in [1.82, 2.24) is 10.2 Å². The van der Waals surface area contributed by atoms with E-state index < -0.39 is 0 Å². The molecule has 3 atom stereocenters. The average molecular weight is 242 g/mol. The van der Waals surface area contributed by atoms with Crippen molar-refractivity contribution < 1.29 is 9.84 Å². The molecule has 0 aromatic carbocycles. The summed E-state index contributed by atoms with van der Waals surface area (Å²) in [6, 6.07) is 1.63. The van der Waals surface area contributed by atoms with E-state index in [4.69, 9.17) is 9.84 Å². The maximum atomic E-state index is 9.06. The summed E-state index contributed by atoms with van der Waals surface area (Å²) in [6.07, 6.45) is 6.10. The second-order valence-electron chi connectivity index (χ2n) is 5.33. The van der Waals surface area contributed by atoms with Gasteiger partial charge in [0.15, 0.2) is 0 Å². The first-order valence-electron chi connectivity index (χ1n) is 6.95. The Morgan fingerprint density at radius 3 is 3.00 bits per heavy atom. The van der Waals surface area contributed by atoms with Gasteiger partial charge in [-0.3, -0.25) is 4.90 Å². The van der Waals surface area contributed by atoms with Crippen molar-refractivity contribution in [2.45, 2.75) is 50.2 Å². The summed E-state index contributed by atoms with van der Waals surface area (Å²) < 4.78 is 5.22. The molecule has 2 fully saturated rings. The van der Waals surface area contributed by atoms with Crippen LogP contribution in [0.25, 0.3) is 0 Å². The first-order valence-corrected chi connectivity index (χ1v) is 6.95. The molecular formula is C13H26N2O2. The lowest BCUT2D eigenvalue weighted by Crippen LogP contribution is -2.49. The highest BCUT2D eigenvalue weighted by Crippen LogP contribution is 2.27. The molecule has 2 N–H and O–H groups in total. The highest BCUT2D eigenvalue weighted by atomic mass is 16.5. The van der Waals surface area contributed by atoms with Gasteiger partial charge in [0.25, 0.3) is 0 Å². The number of aliphatic hydroxyl groups excluding tert-OH is 1. The first kappa shape index (κ1) is 13.3. The number of aliphatic hydroxyl groups is 1. The second kappa shape index (κ2) is 6.69. The molecular weight excluding hydrogens is 216 g/mol. The van der Waals surface area contributed by atoms with Gasteiger partial charge in [-0.1, -0.05) is 6.42 Å². The minimum atomic E-state index is 0.238. The van der Waals surface area contributed by atoms with Crippen LogP contribution in [0.1, 0.15) is 32.1 Å². The van der Waals surface area contributed by atoms with Gasteiger partial charge in [-0.15, -0.1) is 0 Å². The minimum absolute atomic E-state index is 0.238. The van der Waals surface area contributed by atoms with Gasteiger partial charge in [0.1, 0.15) is 0 Å². The number of nitrogens with zero attached hydrogens (tertiary/aromatic N) is 1. The molecule has 0 amide bonds.